The Morgan fingerprint density at radius 3 is 2.36 bits per heavy atom. The molecule has 0 aromatic heterocycles. The molecule has 0 aliphatic carbocycles. The van der Waals surface area contributed by atoms with Crippen molar-refractivity contribution in [3.63, 3.8) is 0 Å². The van der Waals surface area contributed by atoms with Crippen molar-refractivity contribution in [3.8, 4) is 0 Å². The molecule has 2 aromatic rings. The number of nitrogens with two attached hydrogens (primary N) is 1. The lowest BCUT2D eigenvalue weighted by molar-refractivity contribution is 0.269. The second-order valence-electron chi connectivity index (χ2n) is 5.84. The molecular formula is C18H22N4. The molecule has 22 heavy (non-hydrogen) atoms. The van der Waals surface area contributed by atoms with Gasteiger partial charge < -0.3 is 15.5 Å². The molecule has 1 heterocycles. The van der Waals surface area contributed by atoms with Crippen LogP contribution in [0.2, 0.25) is 0 Å². The Morgan fingerprint density at radius 1 is 1.05 bits per heavy atom. The summed E-state index contributed by atoms with van der Waals surface area (Å²) >= 11 is 0. The first-order valence-corrected chi connectivity index (χ1v) is 7.60. The molecule has 0 saturated carbocycles. The number of anilines is 1. The van der Waals surface area contributed by atoms with Gasteiger partial charge in [-0.2, -0.15) is 0 Å². The van der Waals surface area contributed by atoms with Crippen LogP contribution < -0.4 is 10.6 Å². The first-order valence-electron chi connectivity index (χ1n) is 7.60. The zero-order chi connectivity index (χ0) is 15.5. The standard InChI is InChI=1S/C18H22N4/c1-21-11-12-22(16-9-7-15(8-10-16)18(19)20)17(13-21)14-5-3-2-4-6-14/h2-10,17H,11-13H2,1H3,(H3,19,20). The molecule has 0 bridgehead atoms. The normalized spacial score (nSPS) is 19.1. The lowest BCUT2D eigenvalue weighted by Gasteiger charge is -2.42. The van der Waals surface area contributed by atoms with Crippen LogP contribution in [0, 0.1) is 5.41 Å². The molecule has 114 valence electrons. The van der Waals surface area contributed by atoms with Gasteiger partial charge in [-0.25, -0.2) is 0 Å². The maximum atomic E-state index is 7.51. The highest BCUT2D eigenvalue weighted by Crippen LogP contribution is 2.30. The van der Waals surface area contributed by atoms with E-state index in [1.54, 1.807) is 0 Å². The highest BCUT2D eigenvalue weighted by atomic mass is 15.3. The molecule has 1 atom stereocenters. The molecule has 1 unspecified atom stereocenters. The minimum absolute atomic E-state index is 0.115. The number of nitrogens with zero attached hydrogens (tertiary/aromatic N) is 2. The highest BCUT2D eigenvalue weighted by Gasteiger charge is 2.26. The largest absolute Gasteiger partial charge is 0.384 e. The Kier molecular flexibility index (Phi) is 4.11. The van der Waals surface area contributed by atoms with Crippen molar-refractivity contribution in [1.29, 1.82) is 5.41 Å². The summed E-state index contributed by atoms with van der Waals surface area (Å²) in [6.45, 7) is 3.06. The maximum absolute atomic E-state index is 7.51. The van der Waals surface area contributed by atoms with Gasteiger partial charge in [0.1, 0.15) is 5.84 Å². The molecule has 1 aliphatic rings. The fraction of sp³-hybridized carbons (Fsp3) is 0.278. The molecule has 0 radical (unpaired) electrons. The van der Waals surface area contributed by atoms with Crippen LogP contribution in [-0.4, -0.2) is 37.4 Å². The number of benzene rings is 2. The zero-order valence-electron chi connectivity index (χ0n) is 12.9. The summed E-state index contributed by atoms with van der Waals surface area (Å²) in [7, 11) is 2.17. The number of likely N-dealkylation sites (N-methyl/N-ethyl adjacent to an activating group) is 1. The zero-order valence-corrected chi connectivity index (χ0v) is 12.9. The lowest BCUT2D eigenvalue weighted by atomic mass is 10.0. The van der Waals surface area contributed by atoms with E-state index in [4.69, 9.17) is 11.1 Å². The number of amidine groups is 1. The Labute approximate surface area is 131 Å². The van der Waals surface area contributed by atoms with E-state index >= 15 is 0 Å². The average Bonchev–Trinajstić information content (AvgIpc) is 2.56. The van der Waals surface area contributed by atoms with Crippen molar-refractivity contribution in [2.24, 2.45) is 5.73 Å². The second kappa shape index (κ2) is 6.20. The summed E-state index contributed by atoms with van der Waals surface area (Å²) in [5, 5.41) is 7.51. The molecule has 1 aliphatic heterocycles. The third-order valence-electron chi connectivity index (χ3n) is 4.28. The number of rotatable bonds is 3. The lowest BCUT2D eigenvalue weighted by Crippen LogP contribution is -2.46. The average molecular weight is 294 g/mol. The molecule has 3 N–H and O–H groups in total. The van der Waals surface area contributed by atoms with Gasteiger partial charge in [0.15, 0.2) is 0 Å². The first-order chi connectivity index (χ1) is 10.6. The van der Waals surface area contributed by atoms with Crippen LogP contribution in [-0.2, 0) is 0 Å². The molecule has 0 amide bonds. The number of nitrogens with one attached hydrogen (secondary N) is 1. The smallest absolute Gasteiger partial charge is 0.122 e. The van der Waals surface area contributed by atoms with Crippen molar-refractivity contribution < 1.29 is 0 Å². The third kappa shape index (κ3) is 2.97. The minimum Gasteiger partial charge on any atom is -0.384 e. The molecule has 1 fully saturated rings. The summed E-state index contributed by atoms with van der Waals surface area (Å²) in [5.74, 6) is 0.115. The molecular weight excluding hydrogens is 272 g/mol. The van der Waals surface area contributed by atoms with E-state index < -0.39 is 0 Å². The van der Waals surface area contributed by atoms with Crippen LogP contribution in [0.3, 0.4) is 0 Å². The summed E-state index contributed by atoms with van der Waals surface area (Å²) in [6.07, 6.45) is 0. The maximum Gasteiger partial charge on any atom is 0.122 e. The number of hydrogen-bond acceptors (Lipinski definition) is 3. The van der Waals surface area contributed by atoms with Crippen LogP contribution in [0.1, 0.15) is 17.2 Å². The topological polar surface area (TPSA) is 56.4 Å². The number of nitrogen functional groups attached to an aromatic ring is 1. The fourth-order valence-electron chi connectivity index (χ4n) is 3.02. The van der Waals surface area contributed by atoms with E-state index in [9.17, 15) is 0 Å². The van der Waals surface area contributed by atoms with Crippen molar-refractivity contribution in [2.75, 3.05) is 31.6 Å². The summed E-state index contributed by atoms with van der Waals surface area (Å²) in [5.41, 5.74) is 8.84. The van der Waals surface area contributed by atoms with E-state index in [2.05, 4.69) is 59.3 Å². The van der Waals surface area contributed by atoms with Crippen LogP contribution in [0.15, 0.2) is 54.6 Å². The highest BCUT2D eigenvalue weighted by molar-refractivity contribution is 5.95. The molecule has 3 rings (SSSR count). The predicted molar refractivity (Wildman–Crippen MR) is 91.5 cm³/mol. The van der Waals surface area contributed by atoms with Gasteiger partial charge in [0.25, 0.3) is 0 Å². The summed E-state index contributed by atoms with van der Waals surface area (Å²) in [6, 6.07) is 19.0. The summed E-state index contributed by atoms with van der Waals surface area (Å²) < 4.78 is 0. The van der Waals surface area contributed by atoms with E-state index in [0.29, 0.717) is 6.04 Å². The van der Waals surface area contributed by atoms with Gasteiger partial charge in [0.05, 0.1) is 6.04 Å². The van der Waals surface area contributed by atoms with Crippen LogP contribution >= 0.6 is 0 Å². The van der Waals surface area contributed by atoms with Gasteiger partial charge in [-0.3, -0.25) is 5.41 Å². The van der Waals surface area contributed by atoms with E-state index in [-0.39, 0.29) is 5.84 Å². The third-order valence-corrected chi connectivity index (χ3v) is 4.28. The fourth-order valence-corrected chi connectivity index (χ4v) is 3.02. The van der Waals surface area contributed by atoms with Gasteiger partial charge >= 0.3 is 0 Å². The number of hydrogen-bond donors (Lipinski definition) is 2. The van der Waals surface area contributed by atoms with Crippen molar-refractivity contribution in [1.82, 2.24) is 4.90 Å². The molecule has 4 nitrogen and oxygen atoms in total. The minimum atomic E-state index is 0.115. The Bertz CT molecular complexity index is 636. The molecule has 0 spiro atoms. The number of piperazine rings is 1. The monoisotopic (exact) mass is 294 g/mol. The van der Waals surface area contributed by atoms with Gasteiger partial charge in [-0.1, -0.05) is 30.3 Å². The first kappa shape index (κ1) is 14.6. The van der Waals surface area contributed by atoms with Crippen molar-refractivity contribution in [3.05, 3.63) is 65.7 Å². The van der Waals surface area contributed by atoms with Crippen molar-refractivity contribution >= 4 is 11.5 Å². The van der Waals surface area contributed by atoms with E-state index in [0.717, 1.165) is 25.2 Å². The van der Waals surface area contributed by atoms with Gasteiger partial charge in [-0.05, 0) is 36.9 Å². The molecule has 4 heteroatoms. The predicted octanol–water partition coefficient (Wildman–Crippen LogP) is 2.46. The van der Waals surface area contributed by atoms with Gasteiger partial charge in [0, 0.05) is 30.9 Å². The van der Waals surface area contributed by atoms with E-state index in [1.165, 1.54) is 11.3 Å². The van der Waals surface area contributed by atoms with E-state index in [1.807, 2.05) is 12.1 Å². The Morgan fingerprint density at radius 2 is 1.73 bits per heavy atom. The Balaban J connectivity index is 1.90. The Hall–Kier alpha value is -2.33. The van der Waals surface area contributed by atoms with Crippen LogP contribution in [0.25, 0.3) is 0 Å². The molecule has 2 aromatic carbocycles. The SMILES string of the molecule is CN1CCN(c2ccc(C(=N)N)cc2)C(c2ccccc2)C1. The summed E-state index contributed by atoms with van der Waals surface area (Å²) in [4.78, 5) is 4.82. The van der Waals surface area contributed by atoms with Crippen LogP contribution in [0.5, 0.6) is 0 Å². The molecule has 1 saturated heterocycles. The van der Waals surface area contributed by atoms with Crippen molar-refractivity contribution in [2.45, 2.75) is 6.04 Å². The van der Waals surface area contributed by atoms with Gasteiger partial charge in [0.2, 0.25) is 0 Å². The van der Waals surface area contributed by atoms with Crippen LogP contribution in [0.4, 0.5) is 5.69 Å². The second-order valence-corrected chi connectivity index (χ2v) is 5.84. The quantitative estimate of drug-likeness (QED) is 0.675. The van der Waals surface area contributed by atoms with Gasteiger partial charge in [-0.15, -0.1) is 0 Å².